The lowest BCUT2D eigenvalue weighted by atomic mass is 10.1. The summed E-state index contributed by atoms with van der Waals surface area (Å²) in [5, 5.41) is 12.7. The van der Waals surface area contributed by atoms with Gasteiger partial charge in [0.2, 0.25) is 5.89 Å². The maximum atomic E-state index is 12.8. The molecule has 0 saturated carbocycles. The molecule has 4 rings (SSSR count). The van der Waals surface area contributed by atoms with Crippen LogP contribution < -0.4 is 10.1 Å². The maximum absolute atomic E-state index is 12.8. The molecular formula is C28H24Cl2N2O7. The Bertz CT molecular complexity index is 1520. The number of carboxylic acid groups (broad SMARTS) is 1. The van der Waals surface area contributed by atoms with Gasteiger partial charge in [0.25, 0.3) is 0 Å². The Hall–Kier alpha value is -4.08. The molecule has 9 nitrogen and oxygen atoms in total. The van der Waals surface area contributed by atoms with Crippen molar-refractivity contribution in [1.82, 2.24) is 10.3 Å². The van der Waals surface area contributed by atoms with E-state index in [0.29, 0.717) is 38.2 Å². The van der Waals surface area contributed by atoms with Crippen molar-refractivity contribution in [2.75, 3.05) is 0 Å². The average Bonchev–Trinajstić information content (AvgIpc) is 3.26. The highest BCUT2D eigenvalue weighted by Gasteiger charge is 2.24. The van der Waals surface area contributed by atoms with E-state index in [2.05, 4.69) is 10.3 Å². The molecule has 4 aromatic rings. The van der Waals surface area contributed by atoms with Crippen LogP contribution in [0.15, 0.2) is 65.1 Å². The molecule has 0 spiro atoms. The quantitative estimate of drug-likeness (QED) is 0.189. The Morgan fingerprint density at radius 2 is 1.67 bits per heavy atom. The molecule has 202 valence electrons. The number of nitrogens with one attached hydrogen (secondary N) is 1. The van der Waals surface area contributed by atoms with E-state index in [0.717, 1.165) is 0 Å². The van der Waals surface area contributed by atoms with Crippen molar-refractivity contribution in [1.29, 1.82) is 0 Å². The van der Waals surface area contributed by atoms with Crippen LogP contribution in [-0.4, -0.2) is 39.8 Å². The van der Waals surface area contributed by atoms with Gasteiger partial charge >= 0.3 is 18.0 Å². The number of fused-ring (bicyclic) bond motifs is 1. The lowest BCUT2D eigenvalue weighted by molar-refractivity contribution is -0.139. The highest BCUT2D eigenvalue weighted by atomic mass is 35.5. The number of carbonyl (C=O) groups excluding carboxylic acids is 2. The van der Waals surface area contributed by atoms with E-state index in [4.69, 9.17) is 37.1 Å². The summed E-state index contributed by atoms with van der Waals surface area (Å²) in [6, 6.07) is 14.8. The Morgan fingerprint density at radius 1 is 1.00 bits per heavy atom. The first kappa shape index (κ1) is 27.9. The molecule has 2 N–H and O–H groups in total. The van der Waals surface area contributed by atoms with Gasteiger partial charge in [-0.05, 0) is 74.9 Å². The molecule has 0 saturated heterocycles. The van der Waals surface area contributed by atoms with Crippen LogP contribution in [0.3, 0.4) is 0 Å². The van der Waals surface area contributed by atoms with Gasteiger partial charge < -0.3 is 24.3 Å². The Labute approximate surface area is 233 Å². The van der Waals surface area contributed by atoms with Crippen LogP contribution in [0.2, 0.25) is 10.0 Å². The van der Waals surface area contributed by atoms with Crippen LogP contribution in [-0.2, 0) is 16.0 Å². The number of carboxylic acids is 1. The number of amides is 1. The van der Waals surface area contributed by atoms with Crippen molar-refractivity contribution >= 4 is 52.3 Å². The van der Waals surface area contributed by atoms with E-state index in [9.17, 15) is 19.5 Å². The lowest BCUT2D eigenvalue weighted by Crippen LogP contribution is -2.44. The van der Waals surface area contributed by atoms with Gasteiger partial charge in [0, 0.05) is 22.0 Å². The minimum absolute atomic E-state index is 0.00509. The Morgan fingerprint density at radius 3 is 2.28 bits per heavy atom. The summed E-state index contributed by atoms with van der Waals surface area (Å²) in [7, 11) is 0. The van der Waals surface area contributed by atoms with Crippen molar-refractivity contribution in [2.45, 2.75) is 38.8 Å². The summed E-state index contributed by atoms with van der Waals surface area (Å²) >= 11 is 12.1. The van der Waals surface area contributed by atoms with Crippen molar-refractivity contribution in [2.24, 2.45) is 0 Å². The number of halogens is 2. The normalized spacial score (nSPS) is 12.1. The number of aliphatic carboxylic acids is 1. The zero-order valence-electron chi connectivity index (χ0n) is 21.2. The summed E-state index contributed by atoms with van der Waals surface area (Å²) in [4.78, 5) is 40.8. The van der Waals surface area contributed by atoms with Crippen LogP contribution in [0.25, 0.3) is 22.6 Å². The molecule has 1 aromatic heterocycles. The van der Waals surface area contributed by atoms with Crippen LogP contribution >= 0.6 is 23.2 Å². The van der Waals surface area contributed by atoms with Gasteiger partial charge in [-0.1, -0.05) is 35.3 Å². The predicted molar refractivity (Wildman–Crippen MR) is 145 cm³/mol. The minimum Gasteiger partial charge on any atom is -0.480 e. The zero-order chi connectivity index (χ0) is 28.3. The number of esters is 1. The molecule has 3 aromatic carbocycles. The first-order chi connectivity index (χ1) is 18.4. The second-order valence-corrected chi connectivity index (χ2v) is 10.5. The zero-order valence-corrected chi connectivity index (χ0v) is 22.7. The van der Waals surface area contributed by atoms with Crippen LogP contribution in [0, 0.1) is 0 Å². The third kappa shape index (κ3) is 7.49. The van der Waals surface area contributed by atoms with Crippen molar-refractivity contribution in [3.05, 3.63) is 81.8 Å². The lowest BCUT2D eigenvalue weighted by Gasteiger charge is -2.22. The monoisotopic (exact) mass is 570 g/mol. The molecule has 0 bridgehead atoms. The number of hydrogen-bond acceptors (Lipinski definition) is 7. The Balaban J connectivity index is 1.42. The highest BCUT2D eigenvalue weighted by molar-refractivity contribution is 6.35. The fourth-order valence-corrected chi connectivity index (χ4v) is 4.12. The van der Waals surface area contributed by atoms with Gasteiger partial charge in [0.1, 0.15) is 22.9 Å². The molecule has 0 aliphatic carbocycles. The fourth-order valence-electron chi connectivity index (χ4n) is 3.60. The van der Waals surface area contributed by atoms with E-state index in [1.165, 1.54) is 18.2 Å². The topological polar surface area (TPSA) is 128 Å². The maximum Gasteiger partial charge on any atom is 0.408 e. The van der Waals surface area contributed by atoms with E-state index < -0.39 is 29.7 Å². The molecule has 11 heteroatoms. The van der Waals surface area contributed by atoms with Gasteiger partial charge in [-0.15, -0.1) is 0 Å². The number of rotatable bonds is 7. The second kappa shape index (κ2) is 11.3. The van der Waals surface area contributed by atoms with Crippen LogP contribution in [0.1, 0.15) is 36.7 Å². The molecule has 0 aliphatic rings. The number of nitrogens with zero attached hydrogens (tertiary/aromatic N) is 1. The molecule has 0 aliphatic heterocycles. The van der Waals surface area contributed by atoms with Crippen molar-refractivity contribution in [3.8, 4) is 17.2 Å². The molecule has 1 atom stereocenters. The summed E-state index contributed by atoms with van der Waals surface area (Å²) in [5.74, 6) is -1.27. The second-order valence-electron chi connectivity index (χ2n) is 9.63. The van der Waals surface area contributed by atoms with E-state index in [1.54, 1.807) is 63.2 Å². The van der Waals surface area contributed by atoms with Gasteiger partial charge in [-0.3, -0.25) is 0 Å². The number of oxazole rings is 1. The van der Waals surface area contributed by atoms with Crippen molar-refractivity contribution in [3.63, 3.8) is 0 Å². The third-order valence-electron chi connectivity index (χ3n) is 5.30. The molecule has 1 amide bonds. The SMILES string of the molecule is CC(C)(C)OC(=O)N[C@H](Cc1ccc(OC(=O)c2ccc3nc(-c4cc(Cl)cc(Cl)c4)oc3c2)cc1)C(=O)O. The van der Waals surface area contributed by atoms with Gasteiger partial charge in [0.05, 0.1) is 5.56 Å². The van der Waals surface area contributed by atoms with Gasteiger partial charge in [-0.2, -0.15) is 0 Å². The molecule has 0 radical (unpaired) electrons. The molecular weight excluding hydrogens is 547 g/mol. The summed E-state index contributed by atoms with van der Waals surface area (Å²) < 4.78 is 16.4. The summed E-state index contributed by atoms with van der Waals surface area (Å²) in [6.07, 6.45) is -0.821. The van der Waals surface area contributed by atoms with Crippen LogP contribution in [0.4, 0.5) is 4.79 Å². The number of aromatic nitrogens is 1. The fraction of sp³-hybridized carbons (Fsp3) is 0.214. The molecule has 0 unspecified atom stereocenters. The smallest absolute Gasteiger partial charge is 0.408 e. The van der Waals surface area contributed by atoms with Crippen molar-refractivity contribution < 1.29 is 33.4 Å². The first-order valence-corrected chi connectivity index (χ1v) is 12.5. The molecule has 39 heavy (non-hydrogen) atoms. The van der Waals surface area contributed by atoms with Gasteiger partial charge in [-0.25, -0.2) is 19.4 Å². The number of ether oxygens (including phenoxy) is 2. The summed E-state index contributed by atoms with van der Waals surface area (Å²) in [5.41, 5.74) is 1.60. The number of benzene rings is 3. The number of alkyl carbamates (subject to hydrolysis) is 1. The number of carbonyl (C=O) groups is 3. The van der Waals surface area contributed by atoms with E-state index in [-0.39, 0.29) is 17.7 Å². The minimum atomic E-state index is -1.21. The average molecular weight is 571 g/mol. The third-order valence-corrected chi connectivity index (χ3v) is 5.73. The highest BCUT2D eigenvalue weighted by Crippen LogP contribution is 2.30. The predicted octanol–water partition coefficient (Wildman–Crippen LogP) is 6.54. The van der Waals surface area contributed by atoms with Gasteiger partial charge in [0.15, 0.2) is 5.58 Å². The Kier molecular flexibility index (Phi) is 8.13. The standard InChI is InChI=1S/C28H24Cl2N2O7/c1-28(2,3)39-27(36)32-22(25(33)34)10-15-4-7-20(8-5-15)37-26(35)16-6-9-21-23(13-16)38-24(31-21)17-11-18(29)14-19(30)12-17/h4-9,11-14,22H,10H2,1-3H3,(H,32,36)(H,33,34)/t22-/m1/s1. The van der Waals surface area contributed by atoms with Crippen LogP contribution in [0.5, 0.6) is 5.75 Å². The first-order valence-electron chi connectivity index (χ1n) is 11.8. The molecule has 1 heterocycles. The largest absolute Gasteiger partial charge is 0.480 e. The number of hydrogen-bond donors (Lipinski definition) is 2. The van der Waals surface area contributed by atoms with E-state index >= 15 is 0 Å². The molecule has 0 fully saturated rings. The van der Waals surface area contributed by atoms with E-state index in [1.807, 2.05) is 0 Å². The summed E-state index contributed by atoms with van der Waals surface area (Å²) in [6.45, 7) is 5.04.